The summed E-state index contributed by atoms with van der Waals surface area (Å²) < 4.78 is 0. The van der Waals surface area contributed by atoms with Gasteiger partial charge in [-0.1, -0.05) is 19.9 Å². The average molecular weight is 235 g/mol. The zero-order valence-corrected chi connectivity index (χ0v) is 10.7. The summed E-state index contributed by atoms with van der Waals surface area (Å²) in [6, 6.07) is 5.62. The summed E-state index contributed by atoms with van der Waals surface area (Å²) in [6.07, 6.45) is 2.00. The van der Waals surface area contributed by atoms with Crippen molar-refractivity contribution in [2.75, 3.05) is 17.7 Å². The van der Waals surface area contributed by atoms with Gasteiger partial charge in [-0.15, -0.1) is 0 Å². The van der Waals surface area contributed by atoms with E-state index in [1.807, 2.05) is 7.05 Å². The molecular weight excluding hydrogens is 214 g/mol. The molecule has 1 rings (SSSR count). The largest absolute Gasteiger partial charge is 0.397 e. The van der Waals surface area contributed by atoms with Crippen LogP contribution in [0.1, 0.15) is 37.0 Å². The minimum atomic E-state index is -0.440. The van der Waals surface area contributed by atoms with E-state index in [9.17, 15) is 4.79 Å². The molecule has 0 fully saturated rings. The lowest BCUT2D eigenvalue weighted by molar-refractivity contribution is 0.100. The summed E-state index contributed by atoms with van der Waals surface area (Å²) in [4.78, 5) is 13.5. The number of primary amides is 1. The van der Waals surface area contributed by atoms with Gasteiger partial charge in [-0.3, -0.25) is 4.79 Å². The molecule has 1 aromatic carbocycles. The minimum absolute atomic E-state index is 0.359. The number of para-hydroxylation sites is 1. The quantitative estimate of drug-likeness (QED) is 0.767. The van der Waals surface area contributed by atoms with E-state index >= 15 is 0 Å². The number of nitrogen functional groups attached to an aromatic ring is 1. The van der Waals surface area contributed by atoms with Gasteiger partial charge in [0, 0.05) is 13.1 Å². The summed E-state index contributed by atoms with van der Waals surface area (Å²) in [6.45, 7) is 4.24. The van der Waals surface area contributed by atoms with Gasteiger partial charge in [-0.25, -0.2) is 0 Å². The molecular formula is C13H21N3O. The number of anilines is 2. The molecule has 0 radical (unpaired) electrons. The van der Waals surface area contributed by atoms with Gasteiger partial charge in [0.15, 0.2) is 0 Å². The molecule has 94 valence electrons. The van der Waals surface area contributed by atoms with Crippen molar-refractivity contribution in [3.8, 4) is 0 Å². The van der Waals surface area contributed by atoms with Crippen LogP contribution in [-0.2, 0) is 0 Å². The first-order chi connectivity index (χ1) is 8.02. The monoisotopic (exact) mass is 235 g/mol. The number of rotatable bonds is 5. The smallest absolute Gasteiger partial charge is 0.250 e. The Labute approximate surface area is 103 Å². The Bertz CT molecular complexity index is 400. The second kappa shape index (κ2) is 5.57. The highest BCUT2D eigenvalue weighted by molar-refractivity contribution is 6.01. The van der Waals surface area contributed by atoms with Crippen LogP contribution >= 0.6 is 0 Å². The Morgan fingerprint density at radius 1 is 1.35 bits per heavy atom. The molecule has 0 aromatic heterocycles. The Balaban J connectivity index is 3.23. The highest BCUT2D eigenvalue weighted by atomic mass is 16.1. The number of benzene rings is 1. The van der Waals surface area contributed by atoms with Crippen molar-refractivity contribution in [3.63, 3.8) is 0 Å². The van der Waals surface area contributed by atoms with E-state index in [1.165, 1.54) is 0 Å². The molecule has 0 spiro atoms. The molecule has 0 bridgehead atoms. The molecule has 17 heavy (non-hydrogen) atoms. The molecule has 0 atom stereocenters. The summed E-state index contributed by atoms with van der Waals surface area (Å²) in [5, 5.41) is 0. The van der Waals surface area contributed by atoms with Gasteiger partial charge < -0.3 is 16.4 Å². The van der Waals surface area contributed by atoms with Crippen LogP contribution < -0.4 is 16.4 Å². The molecule has 0 aliphatic heterocycles. The highest BCUT2D eigenvalue weighted by Crippen LogP contribution is 2.29. The summed E-state index contributed by atoms with van der Waals surface area (Å²) in [5.41, 5.74) is 13.2. The molecule has 0 saturated heterocycles. The van der Waals surface area contributed by atoms with Gasteiger partial charge in [0.25, 0.3) is 5.91 Å². The third-order valence-corrected chi connectivity index (χ3v) is 3.18. The first-order valence-electron chi connectivity index (χ1n) is 5.94. The first kappa shape index (κ1) is 13.4. The van der Waals surface area contributed by atoms with Gasteiger partial charge in [0.2, 0.25) is 0 Å². The number of carbonyl (C=O) groups is 1. The third kappa shape index (κ3) is 2.70. The van der Waals surface area contributed by atoms with Crippen molar-refractivity contribution in [1.82, 2.24) is 0 Å². The highest BCUT2D eigenvalue weighted by Gasteiger charge is 2.19. The number of hydrogen-bond acceptors (Lipinski definition) is 3. The maximum absolute atomic E-state index is 11.4. The number of carbonyl (C=O) groups excluding carboxylic acids is 1. The lowest BCUT2D eigenvalue weighted by atomic mass is 10.1. The van der Waals surface area contributed by atoms with Crippen molar-refractivity contribution in [2.45, 2.75) is 32.7 Å². The second-order valence-corrected chi connectivity index (χ2v) is 4.19. The standard InChI is InChI=1S/C13H21N3O/c1-4-9(5-2)16(3)12-10(13(15)17)7-6-8-11(12)14/h6-9H,4-5,14H2,1-3H3,(H2,15,17). The Morgan fingerprint density at radius 3 is 2.41 bits per heavy atom. The fourth-order valence-electron chi connectivity index (χ4n) is 2.17. The zero-order chi connectivity index (χ0) is 13.0. The Kier molecular flexibility index (Phi) is 4.37. The van der Waals surface area contributed by atoms with E-state index in [0.29, 0.717) is 17.3 Å². The topological polar surface area (TPSA) is 72.3 Å². The van der Waals surface area contributed by atoms with Crippen LogP contribution in [-0.4, -0.2) is 19.0 Å². The Morgan fingerprint density at radius 2 is 1.94 bits per heavy atom. The number of amides is 1. The van der Waals surface area contributed by atoms with Crippen LogP contribution in [0.3, 0.4) is 0 Å². The zero-order valence-electron chi connectivity index (χ0n) is 10.7. The maximum Gasteiger partial charge on any atom is 0.250 e. The van der Waals surface area contributed by atoms with Crippen LogP contribution in [0.4, 0.5) is 11.4 Å². The van der Waals surface area contributed by atoms with Gasteiger partial charge in [-0.05, 0) is 25.0 Å². The van der Waals surface area contributed by atoms with Crippen LogP contribution in [0.5, 0.6) is 0 Å². The fourth-order valence-corrected chi connectivity index (χ4v) is 2.17. The van der Waals surface area contributed by atoms with Crippen molar-refractivity contribution in [1.29, 1.82) is 0 Å². The molecule has 1 amide bonds. The van der Waals surface area contributed by atoms with Crippen molar-refractivity contribution >= 4 is 17.3 Å². The second-order valence-electron chi connectivity index (χ2n) is 4.19. The number of hydrogen-bond donors (Lipinski definition) is 2. The third-order valence-electron chi connectivity index (χ3n) is 3.18. The molecule has 0 saturated carbocycles. The average Bonchev–Trinajstić information content (AvgIpc) is 2.29. The van der Waals surface area contributed by atoms with Crippen molar-refractivity contribution < 1.29 is 4.79 Å². The van der Waals surface area contributed by atoms with Gasteiger partial charge in [0.05, 0.1) is 16.9 Å². The van der Waals surface area contributed by atoms with Gasteiger partial charge in [-0.2, -0.15) is 0 Å². The molecule has 0 unspecified atom stereocenters. The molecule has 0 heterocycles. The van der Waals surface area contributed by atoms with Gasteiger partial charge in [0.1, 0.15) is 0 Å². The SMILES string of the molecule is CCC(CC)N(C)c1c(N)cccc1C(N)=O. The number of nitrogens with zero attached hydrogens (tertiary/aromatic N) is 1. The van der Waals surface area contributed by atoms with Gasteiger partial charge >= 0.3 is 0 Å². The van der Waals surface area contributed by atoms with Crippen LogP contribution in [0, 0.1) is 0 Å². The van der Waals surface area contributed by atoms with E-state index in [0.717, 1.165) is 18.5 Å². The molecule has 4 N–H and O–H groups in total. The maximum atomic E-state index is 11.4. The van der Waals surface area contributed by atoms with Crippen molar-refractivity contribution in [3.05, 3.63) is 23.8 Å². The van der Waals surface area contributed by atoms with E-state index in [4.69, 9.17) is 11.5 Å². The fraction of sp³-hybridized carbons (Fsp3) is 0.462. The predicted octanol–water partition coefficient (Wildman–Crippen LogP) is 1.99. The summed E-state index contributed by atoms with van der Waals surface area (Å²) in [7, 11) is 1.95. The van der Waals surface area contributed by atoms with E-state index in [2.05, 4.69) is 18.7 Å². The lowest BCUT2D eigenvalue weighted by Gasteiger charge is -2.30. The minimum Gasteiger partial charge on any atom is -0.397 e. The molecule has 1 aromatic rings. The van der Waals surface area contributed by atoms with Crippen molar-refractivity contribution in [2.24, 2.45) is 5.73 Å². The molecule has 0 aliphatic carbocycles. The summed E-state index contributed by atoms with van der Waals surface area (Å²) >= 11 is 0. The van der Waals surface area contributed by atoms with E-state index in [-0.39, 0.29) is 0 Å². The molecule has 0 aliphatic rings. The molecule has 4 nitrogen and oxygen atoms in total. The summed E-state index contributed by atoms with van der Waals surface area (Å²) in [5.74, 6) is -0.440. The Hall–Kier alpha value is -1.71. The first-order valence-corrected chi connectivity index (χ1v) is 5.94. The van der Waals surface area contributed by atoms with Crippen LogP contribution in [0.25, 0.3) is 0 Å². The molecule has 4 heteroatoms. The lowest BCUT2D eigenvalue weighted by Crippen LogP contribution is -2.33. The normalized spacial score (nSPS) is 10.6. The van der Waals surface area contributed by atoms with Crippen LogP contribution in [0.15, 0.2) is 18.2 Å². The van der Waals surface area contributed by atoms with E-state index < -0.39 is 5.91 Å². The van der Waals surface area contributed by atoms with E-state index in [1.54, 1.807) is 18.2 Å². The predicted molar refractivity (Wildman–Crippen MR) is 72.1 cm³/mol. The number of nitrogens with two attached hydrogens (primary N) is 2. The van der Waals surface area contributed by atoms with Crippen LogP contribution in [0.2, 0.25) is 0 Å².